The number of hydrogen-bond acceptors (Lipinski definition) is 3. The summed E-state index contributed by atoms with van der Waals surface area (Å²) in [6.07, 6.45) is 4.76. The molecule has 1 aliphatic carbocycles. The molecule has 0 saturated heterocycles. The van der Waals surface area contributed by atoms with E-state index in [1.54, 1.807) is 7.11 Å². The lowest BCUT2D eigenvalue weighted by Gasteiger charge is -2.16. The minimum atomic E-state index is 0.504. The van der Waals surface area contributed by atoms with Crippen molar-refractivity contribution in [2.45, 2.75) is 32.4 Å². The summed E-state index contributed by atoms with van der Waals surface area (Å²) >= 11 is 0. The van der Waals surface area contributed by atoms with Gasteiger partial charge in [0, 0.05) is 38.5 Å². The number of methoxy groups -OCH3 is 1. The van der Waals surface area contributed by atoms with Gasteiger partial charge in [0.2, 0.25) is 0 Å². The molecule has 1 aliphatic rings. The van der Waals surface area contributed by atoms with E-state index in [4.69, 9.17) is 4.74 Å². The molecule has 1 atom stereocenters. The van der Waals surface area contributed by atoms with Crippen LogP contribution in [-0.4, -0.2) is 29.5 Å². The van der Waals surface area contributed by atoms with Gasteiger partial charge in [0.25, 0.3) is 0 Å². The van der Waals surface area contributed by atoms with Crippen LogP contribution >= 0.6 is 0 Å². The normalized spacial score (nSPS) is 17.7. The minimum absolute atomic E-state index is 0.504. The Morgan fingerprint density at radius 1 is 1.62 bits per heavy atom. The summed E-state index contributed by atoms with van der Waals surface area (Å²) in [5.74, 6) is 0.817. The first-order chi connectivity index (χ1) is 7.70. The Morgan fingerprint density at radius 3 is 2.88 bits per heavy atom. The maximum absolute atomic E-state index is 5.25. The molecule has 0 aromatic carbocycles. The molecule has 90 valence electrons. The van der Waals surface area contributed by atoms with E-state index in [0.717, 1.165) is 24.8 Å². The van der Waals surface area contributed by atoms with Crippen LogP contribution in [0.4, 0.5) is 0 Å². The fourth-order valence-corrected chi connectivity index (χ4v) is 2.10. The molecular weight excluding hydrogens is 202 g/mol. The van der Waals surface area contributed by atoms with Crippen molar-refractivity contribution in [2.24, 2.45) is 13.0 Å². The highest BCUT2D eigenvalue weighted by atomic mass is 16.5. The van der Waals surface area contributed by atoms with Crippen LogP contribution in [0.15, 0.2) is 6.20 Å². The molecule has 16 heavy (non-hydrogen) atoms. The second-order valence-corrected chi connectivity index (χ2v) is 4.69. The Hall–Kier alpha value is -0.870. The Bertz CT molecular complexity index is 344. The molecule has 0 aliphatic heterocycles. The van der Waals surface area contributed by atoms with Gasteiger partial charge in [-0.05, 0) is 25.7 Å². The summed E-state index contributed by atoms with van der Waals surface area (Å²) in [4.78, 5) is 0. The predicted octanol–water partition coefficient (Wildman–Crippen LogP) is 1.24. The highest BCUT2D eigenvalue weighted by Gasteiger charge is 2.30. The van der Waals surface area contributed by atoms with E-state index in [9.17, 15) is 0 Å². The maximum Gasteiger partial charge on any atom is 0.0638 e. The highest BCUT2D eigenvalue weighted by molar-refractivity contribution is 5.15. The minimum Gasteiger partial charge on any atom is -0.383 e. The number of rotatable bonds is 6. The van der Waals surface area contributed by atoms with Crippen molar-refractivity contribution in [2.75, 3.05) is 13.7 Å². The number of aryl methyl sites for hydroxylation is 2. The molecule has 1 aromatic heterocycles. The van der Waals surface area contributed by atoms with Gasteiger partial charge in [0.1, 0.15) is 0 Å². The van der Waals surface area contributed by atoms with Crippen LogP contribution in [0.3, 0.4) is 0 Å². The summed E-state index contributed by atoms with van der Waals surface area (Å²) in [6, 6.07) is 0.504. The fourth-order valence-electron chi connectivity index (χ4n) is 2.10. The quantitative estimate of drug-likeness (QED) is 0.788. The molecule has 4 heteroatoms. The van der Waals surface area contributed by atoms with Gasteiger partial charge in [-0.25, -0.2) is 0 Å². The molecule has 1 aromatic rings. The zero-order valence-corrected chi connectivity index (χ0v) is 10.4. The lowest BCUT2D eigenvalue weighted by atomic mass is 10.2. The monoisotopic (exact) mass is 223 g/mol. The number of ether oxygens (including phenoxy) is 1. The fraction of sp³-hybridized carbons (Fsp3) is 0.750. The Kier molecular flexibility index (Phi) is 3.61. The van der Waals surface area contributed by atoms with Gasteiger partial charge in [0.05, 0.1) is 12.3 Å². The standard InChI is InChI=1S/C12H21N3O/c1-9-11(7-15(2)14-9)6-13-12(8-16-3)10-4-5-10/h7,10,12-13H,4-6,8H2,1-3H3. The van der Waals surface area contributed by atoms with Crippen molar-refractivity contribution in [1.29, 1.82) is 0 Å². The third-order valence-corrected chi connectivity index (χ3v) is 3.21. The zero-order valence-electron chi connectivity index (χ0n) is 10.4. The summed E-state index contributed by atoms with van der Waals surface area (Å²) in [7, 11) is 3.73. The van der Waals surface area contributed by atoms with Crippen LogP contribution in [0.1, 0.15) is 24.1 Å². The molecule has 1 saturated carbocycles. The molecule has 4 nitrogen and oxygen atoms in total. The molecule has 1 fully saturated rings. The third kappa shape index (κ3) is 2.83. The van der Waals surface area contributed by atoms with E-state index >= 15 is 0 Å². The average Bonchev–Trinajstić information content (AvgIpc) is 3.01. The summed E-state index contributed by atoms with van der Waals surface area (Å²) in [6.45, 7) is 3.76. The smallest absolute Gasteiger partial charge is 0.0638 e. The lowest BCUT2D eigenvalue weighted by molar-refractivity contribution is 0.157. The predicted molar refractivity (Wildman–Crippen MR) is 63.2 cm³/mol. The largest absolute Gasteiger partial charge is 0.383 e. The Morgan fingerprint density at radius 2 is 2.38 bits per heavy atom. The molecular formula is C12H21N3O. The Labute approximate surface area is 97.0 Å². The SMILES string of the molecule is COCC(NCc1cn(C)nc1C)C1CC1. The summed E-state index contributed by atoms with van der Waals surface area (Å²) in [5.41, 5.74) is 2.39. The van der Waals surface area contributed by atoms with E-state index < -0.39 is 0 Å². The van der Waals surface area contributed by atoms with Gasteiger partial charge in [-0.1, -0.05) is 0 Å². The third-order valence-electron chi connectivity index (χ3n) is 3.21. The van der Waals surface area contributed by atoms with Crippen molar-refractivity contribution in [3.8, 4) is 0 Å². The second-order valence-electron chi connectivity index (χ2n) is 4.69. The van der Waals surface area contributed by atoms with Crippen molar-refractivity contribution >= 4 is 0 Å². The van der Waals surface area contributed by atoms with E-state index in [1.165, 1.54) is 18.4 Å². The highest BCUT2D eigenvalue weighted by Crippen LogP contribution is 2.32. The zero-order chi connectivity index (χ0) is 11.5. The van der Waals surface area contributed by atoms with Crippen molar-refractivity contribution in [3.05, 3.63) is 17.5 Å². The summed E-state index contributed by atoms with van der Waals surface area (Å²) in [5, 5.41) is 7.92. The van der Waals surface area contributed by atoms with Crippen LogP contribution in [0.2, 0.25) is 0 Å². The number of hydrogen-bond donors (Lipinski definition) is 1. The van der Waals surface area contributed by atoms with Crippen molar-refractivity contribution in [3.63, 3.8) is 0 Å². The van der Waals surface area contributed by atoms with Gasteiger partial charge in [-0.2, -0.15) is 5.10 Å². The number of aromatic nitrogens is 2. The van der Waals surface area contributed by atoms with E-state index in [2.05, 4.69) is 23.5 Å². The topological polar surface area (TPSA) is 39.1 Å². The molecule has 2 rings (SSSR count). The van der Waals surface area contributed by atoms with Crippen LogP contribution in [0.25, 0.3) is 0 Å². The van der Waals surface area contributed by atoms with E-state index in [-0.39, 0.29) is 0 Å². The van der Waals surface area contributed by atoms with Gasteiger partial charge in [-0.3, -0.25) is 4.68 Å². The molecule has 1 heterocycles. The molecule has 1 unspecified atom stereocenters. The van der Waals surface area contributed by atoms with Crippen molar-refractivity contribution < 1.29 is 4.74 Å². The maximum atomic E-state index is 5.25. The van der Waals surface area contributed by atoms with E-state index in [0.29, 0.717) is 6.04 Å². The number of nitrogens with zero attached hydrogens (tertiary/aromatic N) is 2. The number of nitrogens with one attached hydrogen (secondary N) is 1. The van der Waals surface area contributed by atoms with Gasteiger partial charge in [0.15, 0.2) is 0 Å². The second kappa shape index (κ2) is 4.97. The molecule has 0 amide bonds. The first-order valence-corrected chi connectivity index (χ1v) is 5.92. The molecule has 0 radical (unpaired) electrons. The van der Waals surface area contributed by atoms with E-state index in [1.807, 2.05) is 11.7 Å². The first kappa shape index (κ1) is 11.6. The van der Waals surface area contributed by atoms with Gasteiger partial charge < -0.3 is 10.1 Å². The first-order valence-electron chi connectivity index (χ1n) is 5.92. The van der Waals surface area contributed by atoms with Gasteiger partial charge >= 0.3 is 0 Å². The lowest BCUT2D eigenvalue weighted by Crippen LogP contribution is -2.34. The van der Waals surface area contributed by atoms with Crippen LogP contribution in [-0.2, 0) is 18.3 Å². The summed E-state index contributed by atoms with van der Waals surface area (Å²) < 4.78 is 7.12. The van der Waals surface area contributed by atoms with Crippen LogP contribution < -0.4 is 5.32 Å². The van der Waals surface area contributed by atoms with Gasteiger partial charge in [-0.15, -0.1) is 0 Å². The van der Waals surface area contributed by atoms with Crippen LogP contribution in [0.5, 0.6) is 0 Å². The van der Waals surface area contributed by atoms with Crippen LogP contribution in [0, 0.1) is 12.8 Å². The molecule has 0 bridgehead atoms. The molecule has 1 N–H and O–H groups in total. The average molecular weight is 223 g/mol. The van der Waals surface area contributed by atoms with Crippen molar-refractivity contribution in [1.82, 2.24) is 15.1 Å². The Balaban J connectivity index is 1.87. The molecule has 0 spiro atoms.